The Morgan fingerprint density at radius 1 is 1.14 bits per heavy atom. The molecule has 1 aromatic rings. The Balaban J connectivity index is 3.06. The number of nitrogens with one attached hydrogen (secondary N) is 5. The molecule has 13 nitrogen and oxygen atoms in total. The number of amides is 4. The fourth-order valence-electron chi connectivity index (χ4n) is 3.39. The van der Waals surface area contributed by atoms with Gasteiger partial charge in [0.25, 0.3) is 5.69 Å². The van der Waals surface area contributed by atoms with Crippen molar-refractivity contribution in [1.29, 1.82) is 0 Å². The standard InChI is InChI=1S/C24H38N6O7/c1-7-15-11-16(17(30-35)12-19(15)36-10-8-9-20(31)26-6)14(2)27-22(33)18(28-23(34)29-25)13-21(32)37-24(3,4)5/h11-12,14,18H,7-10,13,25H2,1-6H3,(H,26,31)(H,27,33)(H2,28,29,34)/p+1/t14?,18-/m0/s1. The van der Waals surface area contributed by atoms with E-state index in [1.54, 1.807) is 46.9 Å². The van der Waals surface area contributed by atoms with Crippen LogP contribution >= 0.6 is 0 Å². The first-order chi connectivity index (χ1) is 17.3. The average Bonchev–Trinajstić information content (AvgIpc) is 2.83. The summed E-state index contributed by atoms with van der Waals surface area (Å²) in [5.41, 5.74) is 2.54. The van der Waals surface area contributed by atoms with Gasteiger partial charge < -0.3 is 25.4 Å². The zero-order valence-corrected chi connectivity index (χ0v) is 22.3. The molecule has 7 N–H and O–H groups in total. The molecule has 0 aliphatic carbocycles. The Bertz CT molecular complexity index is 977. The maximum Gasteiger partial charge on any atom is 0.329 e. The minimum Gasteiger partial charge on any atom is -0.493 e. The number of hydrazine groups is 1. The van der Waals surface area contributed by atoms with Crippen molar-refractivity contribution in [1.82, 2.24) is 21.4 Å². The van der Waals surface area contributed by atoms with Crippen molar-refractivity contribution < 1.29 is 33.8 Å². The maximum absolute atomic E-state index is 13.0. The number of esters is 1. The normalized spacial score (nSPS) is 12.5. The number of urea groups is 1. The maximum atomic E-state index is 13.0. The summed E-state index contributed by atoms with van der Waals surface area (Å²) in [6, 6.07) is 0.465. The lowest BCUT2D eigenvalue weighted by Gasteiger charge is -2.24. The number of nitrogens with two attached hydrogens (primary N) is 1. The van der Waals surface area contributed by atoms with Gasteiger partial charge in [0.2, 0.25) is 11.8 Å². The topological polar surface area (TPSA) is 192 Å². The van der Waals surface area contributed by atoms with Crippen molar-refractivity contribution in [3.63, 3.8) is 0 Å². The largest absolute Gasteiger partial charge is 0.493 e. The quantitative estimate of drug-likeness (QED) is 0.0688. The summed E-state index contributed by atoms with van der Waals surface area (Å²) >= 11 is 0. The van der Waals surface area contributed by atoms with Crippen molar-refractivity contribution in [2.24, 2.45) is 5.84 Å². The van der Waals surface area contributed by atoms with E-state index >= 15 is 0 Å². The molecule has 206 valence electrons. The number of rotatable bonds is 13. The second-order valence-electron chi connectivity index (χ2n) is 9.32. The number of hydrogen-bond donors (Lipinski definition) is 6. The lowest BCUT2D eigenvalue weighted by Crippen LogP contribution is -2.57. The van der Waals surface area contributed by atoms with Gasteiger partial charge in [-0.1, -0.05) is 6.92 Å². The van der Waals surface area contributed by atoms with Gasteiger partial charge in [-0.3, -0.25) is 19.8 Å². The van der Waals surface area contributed by atoms with E-state index < -0.39 is 42.0 Å². The van der Waals surface area contributed by atoms with Gasteiger partial charge in [-0.15, -0.1) is 0 Å². The highest BCUT2D eigenvalue weighted by Crippen LogP contribution is 2.29. The summed E-state index contributed by atoms with van der Waals surface area (Å²) in [7, 11) is 1.56. The summed E-state index contributed by atoms with van der Waals surface area (Å²) in [5.74, 6) is 4.14. The Morgan fingerprint density at radius 2 is 1.81 bits per heavy atom. The van der Waals surface area contributed by atoms with E-state index in [2.05, 4.69) is 16.0 Å². The first-order valence-corrected chi connectivity index (χ1v) is 12.0. The van der Waals surface area contributed by atoms with Crippen LogP contribution in [-0.2, 0) is 25.5 Å². The van der Waals surface area contributed by atoms with Crippen LogP contribution in [0.4, 0.5) is 10.5 Å². The molecular weight excluding hydrogens is 484 g/mol. The number of nitroso groups, excluding NO2 is 1. The first-order valence-electron chi connectivity index (χ1n) is 12.0. The minimum atomic E-state index is -1.28. The number of carbonyl (C=O) groups is 4. The average molecular weight is 524 g/mol. The summed E-state index contributed by atoms with van der Waals surface area (Å²) in [4.78, 5) is 60.2. The SMILES string of the molecule is CCc1cc(C(C)NC(=O)[C@H](CC(=O)OC(C)(C)C)NC(=O)NN)c([NH+]=O)cc1OCCCC(=O)NC. The van der Waals surface area contributed by atoms with Crippen LogP contribution in [0.15, 0.2) is 12.1 Å². The molecule has 37 heavy (non-hydrogen) atoms. The Morgan fingerprint density at radius 3 is 2.35 bits per heavy atom. The van der Waals surface area contributed by atoms with Crippen molar-refractivity contribution in [3.8, 4) is 5.75 Å². The fourth-order valence-corrected chi connectivity index (χ4v) is 3.39. The molecule has 0 saturated carbocycles. The number of aryl methyl sites for hydroxylation is 1. The molecule has 0 aliphatic rings. The molecule has 0 fully saturated rings. The fraction of sp³-hybridized carbons (Fsp3) is 0.583. The highest BCUT2D eigenvalue weighted by atomic mass is 16.6. The van der Waals surface area contributed by atoms with Crippen molar-refractivity contribution >= 4 is 29.5 Å². The van der Waals surface area contributed by atoms with Crippen LogP contribution in [0.2, 0.25) is 0 Å². The van der Waals surface area contributed by atoms with Crippen LogP contribution in [0.3, 0.4) is 0 Å². The number of benzene rings is 1. The zero-order valence-electron chi connectivity index (χ0n) is 22.3. The van der Waals surface area contributed by atoms with Gasteiger partial charge in [0.15, 0.2) is 0 Å². The third kappa shape index (κ3) is 10.8. The third-order valence-corrected chi connectivity index (χ3v) is 5.18. The summed E-state index contributed by atoms with van der Waals surface area (Å²) < 4.78 is 11.0. The summed E-state index contributed by atoms with van der Waals surface area (Å²) in [5, 5.41) is 9.46. The molecule has 0 heterocycles. The van der Waals surface area contributed by atoms with Gasteiger partial charge in [-0.25, -0.2) is 10.6 Å². The van der Waals surface area contributed by atoms with Gasteiger partial charge in [0.1, 0.15) is 17.4 Å². The van der Waals surface area contributed by atoms with Crippen LogP contribution in [0.5, 0.6) is 5.75 Å². The van der Waals surface area contributed by atoms with E-state index in [9.17, 15) is 24.1 Å². The lowest BCUT2D eigenvalue weighted by molar-refractivity contribution is -0.380. The van der Waals surface area contributed by atoms with Gasteiger partial charge >= 0.3 is 12.0 Å². The molecule has 0 bridgehead atoms. The van der Waals surface area contributed by atoms with Crippen molar-refractivity contribution in [2.45, 2.75) is 78.0 Å². The third-order valence-electron chi connectivity index (χ3n) is 5.18. The molecule has 0 aliphatic heterocycles. The van der Waals surface area contributed by atoms with Crippen LogP contribution in [0.25, 0.3) is 0 Å². The van der Waals surface area contributed by atoms with Crippen molar-refractivity contribution in [3.05, 3.63) is 28.2 Å². The van der Waals surface area contributed by atoms with E-state index in [1.165, 1.54) is 0 Å². The smallest absolute Gasteiger partial charge is 0.329 e. The molecular formula is C24H39N6O7+. The van der Waals surface area contributed by atoms with Crippen LogP contribution < -0.4 is 37.1 Å². The Kier molecular flexibility index (Phi) is 12.5. The molecule has 0 spiro atoms. The monoisotopic (exact) mass is 523 g/mol. The van der Waals surface area contributed by atoms with E-state index in [4.69, 9.17) is 15.3 Å². The van der Waals surface area contributed by atoms with E-state index in [1.807, 2.05) is 17.5 Å². The molecule has 1 aromatic carbocycles. The van der Waals surface area contributed by atoms with Crippen LogP contribution in [0.1, 0.15) is 71.0 Å². The highest BCUT2D eigenvalue weighted by Gasteiger charge is 2.29. The predicted octanol–water partition coefficient (Wildman–Crippen LogP) is 0.0830. The number of carbonyl (C=O) groups excluding carboxylic acids is 4. The van der Waals surface area contributed by atoms with E-state index in [-0.39, 0.29) is 18.2 Å². The van der Waals surface area contributed by atoms with Crippen molar-refractivity contribution in [2.75, 3.05) is 13.7 Å². The van der Waals surface area contributed by atoms with E-state index in [0.717, 1.165) is 5.56 Å². The highest BCUT2D eigenvalue weighted by molar-refractivity contribution is 5.90. The molecule has 0 radical (unpaired) electrons. The van der Waals surface area contributed by atoms with Gasteiger partial charge in [0, 0.05) is 23.6 Å². The summed E-state index contributed by atoms with van der Waals surface area (Å²) in [6.45, 7) is 8.90. The predicted molar refractivity (Wildman–Crippen MR) is 135 cm³/mol. The first kappa shape index (κ1) is 31.3. The number of hydrogen-bond acceptors (Lipinski definition) is 8. The zero-order chi connectivity index (χ0) is 28.2. The van der Waals surface area contributed by atoms with Gasteiger partial charge in [-0.2, -0.15) is 0 Å². The molecule has 0 aromatic heterocycles. The number of ether oxygens (including phenoxy) is 2. The van der Waals surface area contributed by atoms with Gasteiger partial charge in [-0.05, 0) is 52.2 Å². The minimum absolute atomic E-state index is 0.0930. The molecule has 1 unspecified atom stereocenters. The molecule has 1 rings (SSSR count). The summed E-state index contributed by atoms with van der Waals surface area (Å²) in [6.07, 6.45) is 0.960. The molecule has 4 amide bonds. The molecule has 0 saturated heterocycles. The molecule has 2 atom stereocenters. The Labute approximate surface area is 216 Å². The van der Waals surface area contributed by atoms with Gasteiger partial charge in [0.05, 0.1) is 30.7 Å². The van der Waals surface area contributed by atoms with Crippen LogP contribution in [-0.4, -0.2) is 49.1 Å². The molecule has 13 heteroatoms. The second-order valence-corrected chi connectivity index (χ2v) is 9.32. The Hall–Kier alpha value is -3.74. The van der Waals surface area contributed by atoms with Crippen LogP contribution in [0, 0.1) is 4.91 Å². The van der Waals surface area contributed by atoms with E-state index in [0.29, 0.717) is 30.6 Å². The lowest BCUT2D eigenvalue weighted by atomic mass is 10.00. The second kappa shape index (κ2) is 14.7.